The first kappa shape index (κ1) is 12.8. The Hall–Kier alpha value is -2.20. The van der Waals surface area contributed by atoms with Crippen LogP contribution in [-0.4, -0.2) is 15.4 Å². The Kier molecular flexibility index (Phi) is 3.24. The van der Waals surface area contributed by atoms with Gasteiger partial charge in [-0.15, -0.1) is 0 Å². The predicted molar refractivity (Wildman–Crippen MR) is 74.6 cm³/mol. The van der Waals surface area contributed by atoms with Crippen molar-refractivity contribution in [1.29, 1.82) is 0 Å². The van der Waals surface area contributed by atoms with Crippen LogP contribution in [0.15, 0.2) is 48.8 Å². The average Bonchev–Trinajstić information content (AvgIpc) is 2.86. The van der Waals surface area contributed by atoms with E-state index < -0.39 is 5.82 Å². The number of nitrogens with zero attached hydrogens (tertiary/aromatic N) is 2. The first-order valence-electron chi connectivity index (χ1n) is 6.04. The van der Waals surface area contributed by atoms with Crippen LogP contribution in [0.4, 0.5) is 4.39 Å². The lowest BCUT2D eigenvalue weighted by atomic mass is 10.0. The number of halogens is 2. The molecule has 0 N–H and O–H groups in total. The highest BCUT2D eigenvalue weighted by Crippen LogP contribution is 2.20. The van der Waals surface area contributed by atoms with Gasteiger partial charge in [-0.3, -0.25) is 4.79 Å². The van der Waals surface area contributed by atoms with Crippen LogP contribution in [0.2, 0.25) is 5.02 Å². The smallest absolute Gasteiger partial charge is 0.171 e. The van der Waals surface area contributed by atoms with Crippen LogP contribution in [0.1, 0.15) is 15.9 Å². The number of ketones is 1. The summed E-state index contributed by atoms with van der Waals surface area (Å²) in [7, 11) is 0. The van der Waals surface area contributed by atoms with Crippen molar-refractivity contribution in [3.8, 4) is 0 Å². The Balaban J connectivity index is 1.93. The van der Waals surface area contributed by atoms with Crippen LogP contribution in [0.3, 0.4) is 0 Å². The Morgan fingerprint density at radius 1 is 1.30 bits per heavy atom. The molecule has 0 saturated heterocycles. The molecule has 0 fully saturated rings. The first-order chi connectivity index (χ1) is 9.65. The van der Waals surface area contributed by atoms with E-state index in [2.05, 4.69) is 5.10 Å². The second-order valence-electron chi connectivity index (χ2n) is 4.42. The number of pyridine rings is 1. The molecule has 0 spiro atoms. The van der Waals surface area contributed by atoms with Gasteiger partial charge in [-0.05, 0) is 29.8 Å². The highest BCUT2D eigenvalue weighted by atomic mass is 35.5. The number of rotatable bonds is 3. The lowest BCUT2D eigenvalue weighted by molar-refractivity contribution is 0.0994. The van der Waals surface area contributed by atoms with E-state index in [1.165, 1.54) is 24.4 Å². The predicted octanol–water partition coefficient (Wildman–Crippen LogP) is 3.55. The molecule has 100 valence electrons. The summed E-state index contributed by atoms with van der Waals surface area (Å²) < 4.78 is 14.6. The van der Waals surface area contributed by atoms with Gasteiger partial charge in [-0.2, -0.15) is 5.10 Å². The maximum Gasteiger partial charge on any atom is 0.171 e. The second kappa shape index (κ2) is 5.06. The fourth-order valence-corrected chi connectivity index (χ4v) is 2.32. The third kappa shape index (κ3) is 2.30. The van der Waals surface area contributed by atoms with Gasteiger partial charge >= 0.3 is 0 Å². The fourth-order valence-electron chi connectivity index (χ4n) is 2.08. The number of carbonyl (C=O) groups excluding carboxylic acids is 1. The topological polar surface area (TPSA) is 34.4 Å². The second-order valence-corrected chi connectivity index (χ2v) is 4.83. The number of hydrogen-bond acceptors (Lipinski definition) is 2. The maximum absolute atomic E-state index is 13.0. The molecular weight excluding hydrogens is 279 g/mol. The van der Waals surface area contributed by atoms with Crippen LogP contribution in [0.5, 0.6) is 0 Å². The molecule has 20 heavy (non-hydrogen) atoms. The van der Waals surface area contributed by atoms with Gasteiger partial charge < -0.3 is 0 Å². The van der Waals surface area contributed by atoms with Gasteiger partial charge in [0, 0.05) is 17.6 Å². The number of aromatic nitrogens is 2. The Labute approximate surface area is 119 Å². The number of Topliss-reactive ketones (excluding diaryl/α,β-unsaturated/α-hetero) is 1. The summed E-state index contributed by atoms with van der Waals surface area (Å²) in [4.78, 5) is 12.3. The minimum absolute atomic E-state index is 0.0975. The number of benzene rings is 1. The van der Waals surface area contributed by atoms with Crippen molar-refractivity contribution in [2.75, 3.05) is 0 Å². The van der Waals surface area contributed by atoms with E-state index in [1.807, 2.05) is 18.2 Å². The van der Waals surface area contributed by atoms with Gasteiger partial charge in [-0.1, -0.05) is 23.7 Å². The van der Waals surface area contributed by atoms with E-state index in [0.717, 1.165) is 5.52 Å². The third-order valence-electron chi connectivity index (χ3n) is 3.09. The summed E-state index contributed by atoms with van der Waals surface area (Å²) in [5.74, 6) is -0.512. The summed E-state index contributed by atoms with van der Waals surface area (Å²) in [6.45, 7) is 0. The molecule has 0 saturated carbocycles. The van der Waals surface area contributed by atoms with Crippen molar-refractivity contribution in [1.82, 2.24) is 9.61 Å². The van der Waals surface area contributed by atoms with Crippen LogP contribution in [0, 0.1) is 5.82 Å². The molecule has 3 nitrogen and oxygen atoms in total. The molecule has 2 heterocycles. The molecule has 0 aliphatic carbocycles. The minimum Gasteiger partial charge on any atom is -0.294 e. The van der Waals surface area contributed by atoms with Crippen molar-refractivity contribution in [2.24, 2.45) is 0 Å². The van der Waals surface area contributed by atoms with Gasteiger partial charge in [0.1, 0.15) is 5.82 Å². The lowest BCUT2D eigenvalue weighted by Gasteiger charge is -2.03. The van der Waals surface area contributed by atoms with Crippen molar-refractivity contribution >= 4 is 22.9 Å². The zero-order chi connectivity index (χ0) is 14.1. The van der Waals surface area contributed by atoms with E-state index in [0.29, 0.717) is 11.1 Å². The molecule has 0 aliphatic heterocycles. The summed E-state index contributed by atoms with van der Waals surface area (Å²) in [5.41, 5.74) is 1.88. The van der Waals surface area contributed by atoms with E-state index in [1.54, 1.807) is 10.7 Å². The van der Waals surface area contributed by atoms with Gasteiger partial charge in [0.15, 0.2) is 5.78 Å². The molecule has 2 aromatic heterocycles. The van der Waals surface area contributed by atoms with E-state index in [-0.39, 0.29) is 17.2 Å². The zero-order valence-corrected chi connectivity index (χ0v) is 11.1. The third-order valence-corrected chi connectivity index (χ3v) is 3.44. The van der Waals surface area contributed by atoms with Crippen molar-refractivity contribution in [3.63, 3.8) is 0 Å². The molecule has 0 aliphatic rings. The molecule has 0 atom stereocenters. The van der Waals surface area contributed by atoms with Crippen LogP contribution in [-0.2, 0) is 6.42 Å². The van der Waals surface area contributed by atoms with Gasteiger partial charge in [0.05, 0.1) is 17.3 Å². The molecule has 3 rings (SSSR count). The lowest BCUT2D eigenvalue weighted by Crippen LogP contribution is -2.04. The molecule has 1 aromatic carbocycles. The van der Waals surface area contributed by atoms with Crippen LogP contribution in [0.25, 0.3) is 5.52 Å². The van der Waals surface area contributed by atoms with Crippen molar-refractivity contribution in [2.45, 2.75) is 6.42 Å². The van der Waals surface area contributed by atoms with Crippen LogP contribution >= 0.6 is 11.6 Å². The Bertz CT molecular complexity index is 797. The molecule has 3 aromatic rings. The van der Waals surface area contributed by atoms with E-state index in [9.17, 15) is 9.18 Å². The monoisotopic (exact) mass is 288 g/mol. The molecule has 0 radical (unpaired) electrons. The van der Waals surface area contributed by atoms with Crippen molar-refractivity contribution < 1.29 is 9.18 Å². The standard InChI is InChI=1S/C15H10ClFN2O/c16-13-8-11(17)5-4-10(13)7-15(20)12-9-18-19-6-2-1-3-14(12)19/h1-6,8-9H,7H2. The Morgan fingerprint density at radius 3 is 2.95 bits per heavy atom. The highest BCUT2D eigenvalue weighted by molar-refractivity contribution is 6.31. The molecular formula is C15H10ClFN2O. The average molecular weight is 289 g/mol. The molecule has 0 unspecified atom stereocenters. The first-order valence-corrected chi connectivity index (χ1v) is 6.42. The maximum atomic E-state index is 13.0. The minimum atomic E-state index is -0.415. The summed E-state index contributed by atoms with van der Waals surface area (Å²) in [6, 6.07) is 9.54. The molecule has 0 amide bonds. The largest absolute Gasteiger partial charge is 0.294 e. The van der Waals surface area contributed by atoms with E-state index >= 15 is 0 Å². The zero-order valence-electron chi connectivity index (χ0n) is 10.4. The number of hydrogen-bond donors (Lipinski definition) is 0. The molecule has 5 heteroatoms. The molecule has 0 bridgehead atoms. The van der Waals surface area contributed by atoms with E-state index in [4.69, 9.17) is 11.6 Å². The number of fused-ring (bicyclic) bond motifs is 1. The highest BCUT2D eigenvalue weighted by Gasteiger charge is 2.14. The van der Waals surface area contributed by atoms with Gasteiger partial charge in [0.25, 0.3) is 0 Å². The summed E-state index contributed by atoms with van der Waals surface area (Å²) in [6.07, 6.45) is 3.43. The Morgan fingerprint density at radius 2 is 2.15 bits per heavy atom. The normalized spacial score (nSPS) is 10.9. The fraction of sp³-hybridized carbons (Fsp3) is 0.0667. The quantitative estimate of drug-likeness (QED) is 0.691. The summed E-state index contributed by atoms with van der Waals surface area (Å²) >= 11 is 5.94. The van der Waals surface area contributed by atoms with Crippen LogP contribution < -0.4 is 0 Å². The number of carbonyl (C=O) groups is 1. The van der Waals surface area contributed by atoms with Gasteiger partial charge in [-0.25, -0.2) is 8.91 Å². The van der Waals surface area contributed by atoms with Crippen molar-refractivity contribution in [3.05, 3.63) is 70.8 Å². The van der Waals surface area contributed by atoms with Gasteiger partial charge in [0.2, 0.25) is 0 Å². The SMILES string of the molecule is O=C(Cc1ccc(F)cc1Cl)c1cnn2ccccc12. The summed E-state index contributed by atoms with van der Waals surface area (Å²) in [5, 5.41) is 4.38.